The van der Waals surface area contributed by atoms with Crippen LogP contribution >= 0.6 is 0 Å². The number of nitrogens with one attached hydrogen (secondary N) is 3. The molecule has 1 aromatic rings. The summed E-state index contributed by atoms with van der Waals surface area (Å²) in [5, 5.41) is 6.07. The van der Waals surface area contributed by atoms with E-state index in [1.807, 2.05) is 25.1 Å². The Morgan fingerprint density at radius 3 is 2.63 bits per heavy atom. The van der Waals surface area contributed by atoms with Crippen molar-refractivity contribution in [1.82, 2.24) is 5.32 Å². The lowest BCUT2D eigenvalue weighted by Crippen LogP contribution is -3.14. The zero-order valence-corrected chi connectivity index (χ0v) is 17.0. The van der Waals surface area contributed by atoms with Crippen molar-refractivity contribution in [2.45, 2.75) is 46.1 Å². The number of likely N-dealkylation sites (N-methyl/N-ethyl adjacent to an activating group) is 1. The second-order valence-corrected chi connectivity index (χ2v) is 7.68. The van der Waals surface area contributed by atoms with Crippen LogP contribution in [-0.2, 0) is 9.59 Å². The number of quaternary nitrogens is 1. The Kier molecular flexibility index (Phi) is 8.10. The molecule has 0 saturated heterocycles. The van der Waals surface area contributed by atoms with Gasteiger partial charge in [0.1, 0.15) is 5.75 Å². The molecule has 0 aromatic heterocycles. The Hall–Kier alpha value is -2.08. The predicted octanol–water partition coefficient (Wildman–Crippen LogP) is 1.48. The molecular formula is C21H34N3O3+. The molecule has 6 heteroatoms. The first kappa shape index (κ1) is 21.2. The monoisotopic (exact) mass is 376 g/mol. The van der Waals surface area contributed by atoms with Crippen molar-refractivity contribution in [1.29, 1.82) is 0 Å². The Bertz CT molecular complexity index is 635. The number of ether oxygens (including phenoxy) is 1. The maximum Gasteiger partial charge on any atom is 0.279 e. The summed E-state index contributed by atoms with van der Waals surface area (Å²) in [5.74, 6) is 1.78. The molecule has 1 fully saturated rings. The van der Waals surface area contributed by atoms with E-state index in [4.69, 9.17) is 4.74 Å². The molecular weight excluding hydrogens is 342 g/mol. The minimum atomic E-state index is -0.104. The van der Waals surface area contributed by atoms with Gasteiger partial charge in [-0.25, -0.2) is 0 Å². The Labute approximate surface area is 162 Å². The van der Waals surface area contributed by atoms with Crippen molar-refractivity contribution >= 4 is 17.5 Å². The smallest absolute Gasteiger partial charge is 0.279 e. The van der Waals surface area contributed by atoms with Crippen LogP contribution in [0.4, 0.5) is 5.69 Å². The molecule has 1 aromatic carbocycles. The SMILES string of the molecule is CC[NH+](CC(=O)Nc1cccc(OC)c1)CC(=O)N[C@@H]1CCC[C@H](C)[C@@H]1C. The van der Waals surface area contributed by atoms with E-state index in [0.717, 1.165) is 17.9 Å². The lowest BCUT2D eigenvalue weighted by Gasteiger charge is -2.34. The minimum absolute atomic E-state index is 0.0342. The number of hydrogen-bond acceptors (Lipinski definition) is 3. The molecule has 2 rings (SSSR count). The fourth-order valence-electron chi connectivity index (χ4n) is 3.72. The highest BCUT2D eigenvalue weighted by Crippen LogP contribution is 2.29. The van der Waals surface area contributed by atoms with Gasteiger partial charge in [-0.1, -0.05) is 32.8 Å². The molecule has 0 bridgehead atoms. The van der Waals surface area contributed by atoms with Crippen LogP contribution < -0.4 is 20.3 Å². The Morgan fingerprint density at radius 2 is 1.93 bits per heavy atom. The van der Waals surface area contributed by atoms with E-state index in [1.165, 1.54) is 12.8 Å². The summed E-state index contributed by atoms with van der Waals surface area (Å²) in [7, 11) is 1.59. The average molecular weight is 377 g/mol. The molecule has 4 atom stereocenters. The zero-order chi connectivity index (χ0) is 19.8. The van der Waals surface area contributed by atoms with Crippen LogP contribution in [0.3, 0.4) is 0 Å². The highest BCUT2D eigenvalue weighted by atomic mass is 16.5. The summed E-state index contributed by atoms with van der Waals surface area (Å²) < 4.78 is 5.17. The van der Waals surface area contributed by atoms with Crippen LogP contribution in [0.1, 0.15) is 40.0 Å². The minimum Gasteiger partial charge on any atom is -0.497 e. The number of methoxy groups -OCH3 is 1. The maximum atomic E-state index is 12.5. The van der Waals surface area contributed by atoms with Crippen molar-refractivity contribution in [2.75, 3.05) is 32.1 Å². The van der Waals surface area contributed by atoms with Gasteiger partial charge in [-0.15, -0.1) is 0 Å². The summed E-state index contributed by atoms with van der Waals surface area (Å²) in [6.45, 7) is 7.77. The van der Waals surface area contributed by atoms with Crippen LogP contribution in [0.5, 0.6) is 5.75 Å². The lowest BCUT2D eigenvalue weighted by atomic mass is 9.78. The van der Waals surface area contributed by atoms with Gasteiger partial charge < -0.3 is 20.3 Å². The molecule has 3 N–H and O–H groups in total. The van der Waals surface area contributed by atoms with Gasteiger partial charge in [-0.05, 0) is 37.3 Å². The topological polar surface area (TPSA) is 71.9 Å². The highest BCUT2D eigenvalue weighted by Gasteiger charge is 2.29. The van der Waals surface area contributed by atoms with E-state index in [1.54, 1.807) is 13.2 Å². The van der Waals surface area contributed by atoms with Gasteiger partial charge in [0.05, 0.1) is 13.7 Å². The molecule has 1 aliphatic carbocycles. The van der Waals surface area contributed by atoms with Gasteiger partial charge in [-0.3, -0.25) is 9.59 Å². The first-order chi connectivity index (χ1) is 12.9. The van der Waals surface area contributed by atoms with Crippen LogP contribution in [0.15, 0.2) is 24.3 Å². The number of hydrogen-bond donors (Lipinski definition) is 3. The van der Waals surface area contributed by atoms with E-state index in [-0.39, 0.29) is 24.4 Å². The van der Waals surface area contributed by atoms with Crippen LogP contribution in [0.2, 0.25) is 0 Å². The van der Waals surface area contributed by atoms with E-state index < -0.39 is 0 Å². The fourth-order valence-corrected chi connectivity index (χ4v) is 3.72. The molecule has 6 nitrogen and oxygen atoms in total. The molecule has 27 heavy (non-hydrogen) atoms. The second-order valence-electron chi connectivity index (χ2n) is 7.68. The molecule has 0 aliphatic heterocycles. The number of benzene rings is 1. The quantitative estimate of drug-likeness (QED) is 0.644. The zero-order valence-electron chi connectivity index (χ0n) is 17.0. The maximum absolute atomic E-state index is 12.5. The Balaban J connectivity index is 1.83. The van der Waals surface area contributed by atoms with E-state index in [2.05, 4.69) is 24.5 Å². The van der Waals surface area contributed by atoms with Crippen molar-refractivity contribution in [3.63, 3.8) is 0 Å². The predicted molar refractivity (Wildman–Crippen MR) is 107 cm³/mol. The van der Waals surface area contributed by atoms with Crippen LogP contribution in [0, 0.1) is 11.8 Å². The average Bonchev–Trinajstić information content (AvgIpc) is 2.65. The van der Waals surface area contributed by atoms with Crippen LogP contribution in [0.25, 0.3) is 0 Å². The number of carbonyl (C=O) groups excluding carboxylic acids is 2. The third kappa shape index (κ3) is 6.54. The van der Waals surface area contributed by atoms with Crippen molar-refractivity contribution in [3.05, 3.63) is 24.3 Å². The summed E-state index contributed by atoms with van der Waals surface area (Å²) in [4.78, 5) is 25.8. The van der Waals surface area contributed by atoms with Crippen LogP contribution in [-0.4, -0.2) is 44.6 Å². The van der Waals surface area contributed by atoms with Crippen molar-refractivity contribution < 1.29 is 19.2 Å². The van der Waals surface area contributed by atoms with Crippen molar-refractivity contribution in [2.24, 2.45) is 11.8 Å². The Morgan fingerprint density at radius 1 is 1.19 bits per heavy atom. The van der Waals surface area contributed by atoms with E-state index >= 15 is 0 Å². The second kappa shape index (κ2) is 10.3. The highest BCUT2D eigenvalue weighted by molar-refractivity contribution is 5.91. The molecule has 2 amide bonds. The summed E-state index contributed by atoms with van der Waals surface area (Å²) >= 11 is 0. The third-order valence-electron chi connectivity index (χ3n) is 5.73. The number of anilines is 1. The van der Waals surface area contributed by atoms with Gasteiger partial charge >= 0.3 is 0 Å². The summed E-state index contributed by atoms with van der Waals surface area (Å²) in [5.41, 5.74) is 0.698. The first-order valence-corrected chi connectivity index (χ1v) is 9.99. The molecule has 1 aliphatic rings. The normalized spacial score (nSPS) is 23.3. The fraction of sp³-hybridized carbons (Fsp3) is 0.619. The standard InChI is InChI=1S/C21H33N3O3/c1-5-24(13-20(25)22-17-9-7-10-18(12-17)27-4)14-21(26)23-19-11-6-8-15(2)16(19)3/h7,9-10,12,15-16,19H,5-6,8,11,13-14H2,1-4H3,(H,22,25)(H,23,26)/p+1/t15-,16-,19+/m0/s1. The van der Waals surface area contributed by atoms with Gasteiger partial charge in [0.25, 0.3) is 11.8 Å². The lowest BCUT2D eigenvalue weighted by molar-refractivity contribution is -0.881. The number of carbonyl (C=O) groups is 2. The molecule has 0 spiro atoms. The first-order valence-electron chi connectivity index (χ1n) is 9.99. The molecule has 0 heterocycles. The molecule has 150 valence electrons. The van der Waals surface area contributed by atoms with Gasteiger partial charge in [0, 0.05) is 17.8 Å². The van der Waals surface area contributed by atoms with Crippen molar-refractivity contribution in [3.8, 4) is 5.75 Å². The third-order valence-corrected chi connectivity index (χ3v) is 5.73. The van der Waals surface area contributed by atoms with Gasteiger partial charge in [0.2, 0.25) is 0 Å². The molecule has 1 saturated carbocycles. The molecule has 1 unspecified atom stereocenters. The summed E-state index contributed by atoms with van der Waals surface area (Å²) in [6, 6.07) is 7.52. The summed E-state index contributed by atoms with van der Waals surface area (Å²) in [6.07, 6.45) is 3.46. The van der Waals surface area contributed by atoms with E-state index in [9.17, 15) is 9.59 Å². The van der Waals surface area contributed by atoms with E-state index in [0.29, 0.717) is 29.8 Å². The largest absolute Gasteiger partial charge is 0.497 e. The number of amides is 2. The van der Waals surface area contributed by atoms with Gasteiger partial charge in [0.15, 0.2) is 13.1 Å². The number of rotatable bonds is 8. The molecule has 0 radical (unpaired) electrons. The van der Waals surface area contributed by atoms with Gasteiger partial charge in [-0.2, -0.15) is 0 Å².